The van der Waals surface area contributed by atoms with Gasteiger partial charge in [0, 0.05) is 11.1 Å². The second kappa shape index (κ2) is 4.94. The molecule has 0 saturated carbocycles. The summed E-state index contributed by atoms with van der Waals surface area (Å²) < 4.78 is 0. The average Bonchev–Trinajstić information content (AvgIpc) is 2.38. The van der Waals surface area contributed by atoms with Crippen molar-refractivity contribution in [3.8, 4) is 5.75 Å². The molecule has 0 fully saturated rings. The van der Waals surface area contributed by atoms with Crippen LogP contribution in [0.4, 0.5) is 0 Å². The van der Waals surface area contributed by atoms with Gasteiger partial charge >= 0.3 is 5.97 Å². The van der Waals surface area contributed by atoms with Crippen molar-refractivity contribution >= 4 is 11.8 Å². The number of rotatable bonds is 3. The van der Waals surface area contributed by atoms with Gasteiger partial charge in [0.15, 0.2) is 5.78 Å². The molecule has 2 N–H and O–H groups in total. The fourth-order valence-electron chi connectivity index (χ4n) is 1.83. The lowest BCUT2D eigenvalue weighted by Crippen LogP contribution is -2.06. The van der Waals surface area contributed by atoms with Crippen LogP contribution >= 0.6 is 0 Å². The summed E-state index contributed by atoms with van der Waals surface area (Å²) in [6.45, 7) is 1.81. The van der Waals surface area contributed by atoms with E-state index in [-0.39, 0.29) is 22.7 Å². The maximum absolute atomic E-state index is 12.3. The first-order valence-corrected chi connectivity index (χ1v) is 5.67. The molecular formula is C15H12O4. The van der Waals surface area contributed by atoms with E-state index in [1.165, 1.54) is 18.2 Å². The van der Waals surface area contributed by atoms with E-state index in [0.29, 0.717) is 5.56 Å². The standard InChI is InChI=1S/C15H12O4/c1-9-4-2-3-5-11(9)14(17)10-6-7-13(16)12(8-10)15(18)19/h2-8,16H,1H3,(H,18,19). The molecular weight excluding hydrogens is 244 g/mol. The van der Waals surface area contributed by atoms with Gasteiger partial charge in [-0.2, -0.15) is 0 Å². The molecule has 0 saturated heterocycles. The third kappa shape index (κ3) is 2.47. The lowest BCUT2D eigenvalue weighted by molar-refractivity contribution is 0.0693. The molecule has 0 unspecified atom stereocenters. The topological polar surface area (TPSA) is 74.6 Å². The maximum Gasteiger partial charge on any atom is 0.339 e. The smallest absolute Gasteiger partial charge is 0.339 e. The number of carbonyl (C=O) groups is 2. The Labute approximate surface area is 109 Å². The van der Waals surface area contributed by atoms with E-state index in [1.807, 2.05) is 19.1 Å². The minimum atomic E-state index is -1.27. The SMILES string of the molecule is Cc1ccccc1C(=O)c1ccc(O)c(C(=O)O)c1. The highest BCUT2D eigenvalue weighted by Gasteiger charge is 2.16. The summed E-state index contributed by atoms with van der Waals surface area (Å²) in [5.74, 6) is -1.88. The van der Waals surface area contributed by atoms with Crippen molar-refractivity contribution in [2.24, 2.45) is 0 Å². The molecule has 0 aliphatic rings. The van der Waals surface area contributed by atoms with Crippen LogP contribution in [0.1, 0.15) is 31.8 Å². The molecule has 4 nitrogen and oxygen atoms in total. The molecule has 0 spiro atoms. The number of hydrogen-bond acceptors (Lipinski definition) is 3. The van der Waals surface area contributed by atoms with Gasteiger partial charge in [-0.15, -0.1) is 0 Å². The molecule has 0 aromatic heterocycles. The molecule has 0 bridgehead atoms. The first-order chi connectivity index (χ1) is 9.00. The molecule has 0 aliphatic carbocycles. The van der Waals surface area contributed by atoms with Crippen molar-refractivity contribution in [3.63, 3.8) is 0 Å². The zero-order valence-corrected chi connectivity index (χ0v) is 10.3. The highest BCUT2D eigenvalue weighted by atomic mass is 16.4. The first kappa shape index (κ1) is 12.8. The van der Waals surface area contributed by atoms with E-state index in [2.05, 4.69) is 0 Å². The van der Waals surface area contributed by atoms with Gasteiger partial charge < -0.3 is 10.2 Å². The lowest BCUT2D eigenvalue weighted by atomic mass is 9.97. The molecule has 2 aromatic rings. The summed E-state index contributed by atoms with van der Waals surface area (Å²) in [5.41, 5.74) is 1.30. The molecule has 19 heavy (non-hydrogen) atoms. The number of hydrogen-bond donors (Lipinski definition) is 2. The second-order valence-corrected chi connectivity index (χ2v) is 4.18. The Kier molecular flexibility index (Phi) is 3.33. The molecule has 2 rings (SSSR count). The number of benzene rings is 2. The largest absolute Gasteiger partial charge is 0.507 e. The first-order valence-electron chi connectivity index (χ1n) is 5.67. The number of ketones is 1. The van der Waals surface area contributed by atoms with Crippen LogP contribution in [0.5, 0.6) is 5.75 Å². The van der Waals surface area contributed by atoms with E-state index in [1.54, 1.807) is 12.1 Å². The highest BCUT2D eigenvalue weighted by Crippen LogP contribution is 2.21. The second-order valence-electron chi connectivity index (χ2n) is 4.18. The van der Waals surface area contributed by atoms with Crippen molar-refractivity contribution in [1.29, 1.82) is 0 Å². The molecule has 0 radical (unpaired) electrons. The van der Waals surface area contributed by atoms with Crippen LogP contribution in [0, 0.1) is 6.92 Å². The summed E-state index contributed by atoms with van der Waals surface area (Å²) in [4.78, 5) is 23.2. The summed E-state index contributed by atoms with van der Waals surface area (Å²) >= 11 is 0. The Morgan fingerprint density at radius 1 is 1.00 bits per heavy atom. The Morgan fingerprint density at radius 2 is 1.68 bits per heavy atom. The normalized spacial score (nSPS) is 10.2. The van der Waals surface area contributed by atoms with Crippen LogP contribution < -0.4 is 0 Å². The van der Waals surface area contributed by atoms with E-state index in [4.69, 9.17) is 5.11 Å². The van der Waals surface area contributed by atoms with Crippen molar-refractivity contribution in [1.82, 2.24) is 0 Å². The van der Waals surface area contributed by atoms with Crippen molar-refractivity contribution < 1.29 is 19.8 Å². The van der Waals surface area contributed by atoms with Crippen LogP contribution in [-0.4, -0.2) is 22.0 Å². The van der Waals surface area contributed by atoms with E-state index in [0.717, 1.165) is 5.56 Å². The van der Waals surface area contributed by atoms with E-state index < -0.39 is 5.97 Å². The van der Waals surface area contributed by atoms with Gasteiger partial charge in [-0.25, -0.2) is 4.79 Å². The summed E-state index contributed by atoms with van der Waals surface area (Å²) in [7, 11) is 0. The van der Waals surface area contributed by atoms with E-state index in [9.17, 15) is 14.7 Å². The average molecular weight is 256 g/mol. The summed E-state index contributed by atoms with van der Waals surface area (Å²) in [5, 5.41) is 18.3. The number of carbonyl (C=O) groups excluding carboxylic acids is 1. The quantitative estimate of drug-likeness (QED) is 0.828. The molecule has 0 amide bonds. The Hall–Kier alpha value is -2.62. The van der Waals surface area contributed by atoms with Gasteiger partial charge in [0.25, 0.3) is 0 Å². The van der Waals surface area contributed by atoms with Gasteiger partial charge in [-0.1, -0.05) is 24.3 Å². The van der Waals surface area contributed by atoms with Crippen LogP contribution in [-0.2, 0) is 0 Å². The number of aromatic carboxylic acids is 1. The third-order valence-corrected chi connectivity index (χ3v) is 2.88. The fraction of sp³-hybridized carbons (Fsp3) is 0.0667. The monoisotopic (exact) mass is 256 g/mol. The molecule has 0 aliphatic heterocycles. The lowest BCUT2D eigenvalue weighted by Gasteiger charge is -2.06. The van der Waals surface area contributed by atoms with Gasteiger partial charge in [-0.3, -0.25) is 4.79 Å². The number of aryl methyl sites for hydroxylation is 1. The molecule has 2 aromatic carbocycles. The fourth-order valence-corrected chi connectivity index (χ4v) is 1.83. The predicted molar refractivity (Wildman–Crippen MR) is 69.7 cm³/mol. The Bertz CT molecular complexity index is 659. The molecule has 96 valence electrons. The summed E-state index contributed by atoms with van der Waals surface area (Å²) in [6.07, 6.45) is 0. The minimum Gasteiger partial charge on any atom is -0.507 e. The van der Waals surface area contributed by atoms with Crippen LogP contribution in [0.25, 0.3) is 0 Å². The number of aromatic hydroxyl groups is 1. The minimum absolute atomic E-state index is 0.240. The van der Waals surface area contributed by atoms with Crippen LogP contribution in [0.3, 0.4) is 0 Å². The van der Waals surface area contributed by atoms with E-state index >= 15 is 0 Å². The van der Waals surface area contributed by atoms with Crippen LogP contribution in [0.2, 0.25) is 0 Å². The number of carboxylic acids is 1. The van der Waals surface area contributed by atoms with Gasteiger partial charge in [-0.05, 0) is 30.7 Å². The zero-order chi connectivity index (χ0) is 14.0. The van der Waals surface area contributed by atoms with Crippen molar-refractivity contribution in [3.05, 3.63) is 64.7 Å². The van der Waals surface area contributed by atoms with Crippen molar-refractivity contribution in [2.45, 2.75) is 6.92 Å². The Morgan fingerprint density at radius 3 is 2.32 bits per heavy atom. The zero-order valence-electron chi connectivity index (χ0n) is 10.3. The third-order valence-electron chi connectivity index (χ3n) is 2.88. The molecule has 0 atom stereocenters. The van der Waals surface area contributed by atoms with Gasteiger partial charge in [0.1, 0.15) is 11.3 Å². The predicted octanol–water partition coefficient (Wildman–Crippen LogP) is 2.63. The Balaban J connectivity index is 2.49. The molecule has 0 heterocycles. The molecule has 4 heteroatoms. The summed E-state index contributed by atoms with van der Waals surface area (Å²) in [6, 6.07) is 10.9. The van der Waals surface area contributed by atoms with Crippen LogP contribution in [0.15, 0.2) is 42.5 Å². The number of carboxylic acid groups (broad SMARTS) is 1. The highest BCUT2D eigenvalue weighted by molar-refractivity contribution is 6.11. The maximum atomic E-state index is 12.3. The van der Waals surface area contributed by atoms with Gasteiger partial charge in [0.05, 0.1) is 0 Å². The number of phenols is 1. The van der Waals surface area contributed by atoms with Crippen molar-refractivity contribution in [2.75, 3.05) is 0 Å². The van der Waals surface area contributed by atoms with Gasteiger partial charge in [0.2, 0.25) is 0 Å².